The fourth-order valence-electron chi connectivity index (χ4n) is 1.11. The van der Waals surface area contributed by atoms with Crippen molar-refractivity contribution in [3.63, 3.8) is 0 Å². The van der Waals surface area contributed by atoms with E-state index in [2.05, 4.69) is 20.9 Å². The maximum absolute atomic E-state index is 12.4. The average Bonchev–Trinajstić information content (AvgIpc) is 2.28. The Hall–Kier alpha value is -1.04. The average molecular weight is 294 g/mol. The molecule has 0 amide bonds. The van der Waals surface area contributed by atoms with Gasteiger partial charge >= 0.3 is 5.97 Å². The van der Waals surface area contributed by atoms with Crippen LogP contribution in [0.1, 0.15) is 35.1 Å². The first kappa shape index (κ1) is 13.0. The molecule has 88 valence electrons. The van der Waals surface area contributed by atoms with E-state index in [9.17, 15) is 13.6 Å². The zero-order valence-corrected chi connectivity index (χ0v) is 10.1. The highest BCUT2D eigenvalue weighted by molar-refractivity contribution is 9.08. The first-order chi connectivity index (χ1) is 7.60. The molecule has 3 nitrogen and oxygen atoms in total. The minimum absolute atomic E-state index is 0.0588. The summed E-state index contributed by atoms with van der Waals surface area (Å²) in [6.07, 6.45) is -2.70. The van der Waals surface area contributed by atoms with Crippen molar-refractivity contribution in [2.75, 3.05) is 6.61 Å². The molecule has 0 unspecified atom stereocenters. The molecule has 6 heteroatoms. The van der Waals surface area contributed by atoms with Crippen molar-refractivity contribution in [2.24, 2.45) is 0 Å². The Morgan fingerprint density at radius 1 is 1.56 bits per heavy atom. The molecular weight excluding hydrogens is 284 g/mol. The predicted molar refractivity (Wildman–Crippen MR) is 57.8 cm³/mol. The smallest absolute Gasteiger partial charge is 0.357 e. The summed E-state index contributed by atoms with van der Waals surface area (Å²) in [5.74, 6) is -0.681. The third kappa shape index (κ3) is 2.98. The topological polar surface area (TPSA) is 39.2 Å². The van der Waals surface area contributed by atoms with Crippen LogP contribution in [0.2, 0.25) is 0 Å². The Labute approximate surface area is 99.9 Å². The SMILES string of the molecule is CCOC(=O)c1nc(C(F)F)ccc1CBr. The Bertz CT molecular complexity index is 385. The second-order valence-electron chi connectivity index (χ2n) is 2.90. The van der Waals surface area contributed by atoms with Crippen LogP contribution in [0, 0.1) is 0 Å². The highest BCUT2D eigenvalue weighted by Gasteiger charge is 2.18. The minimum atomic E-state index is -2.70. The number of carbonyl (C=O) groups excluding carboxylic acids is 1. The normalized spacial score (nSPS) is 10.6. The summed E-state index contributed by atoms with van der Waals surface area (Å²) in [6, 6.07) is 2.64. The van der Waals surface area contributed by atoms with Gasteiger partial charge < -0.3 is 4.74 Å². The number of aromatic nitrogens is 1. The highest BCUT2D eigenvalue weighted by Crippen LogP contribution is 2.20. The Kier molecular flexibility index (Phi) is 4.79. The van der Waals surface area contributed by atoms with Crippen LogP contribution in [0.4, 0.5) is 8.78 Å². The number of nitrogens with zero attached hydrogens (tertiary/aromatic N) is 1. The molecule has 0 aliphatic heterocycles. The van der Waals surface area contributed by atoms with E-state index >= 15 is 0 Å². The lowest BCUT2D eigenvalue weighted by atomic mass is 10.2. The van der Waals surface area contributed by atoms with Crippen LogP contribution in [0.25, 0.3) is 0 Å². The van der Waals surface area contributed by atoms with E-state index in [0.717, 1.165) is 0 Å². The zero-order chi connectivity index (χ0) is 12.1. The Morgan fingerprint density at radius 3 is 2.75 bits per heavy atom. The lowest BCUT2D eigenvalue weighted by Crippen LogP contribution is -2.11. The summed E-state index contributed by atoms with van der Waals surface area (Å²) < 4.78 is 29.5. The summed E-state index contributed by atoms with van der Waals surface area (Å²) in [4.78, 5) is 15.1. The molecule has 0 radical (unpaired) electrons. The molecule has 0 atom stereocenters. The number of esters is 1. The molecule has 1 aromatic rings. The van der Waals surface area contributed by atoms with Crippen molar-refractivity contribution in [1.82, 2.24) is 4.98 Å². The molecule has 16 heavy (non-hydrogen) atoms. The Morgan fingerprint density at radius 2 is 2.25 bits per heavy atom. The molecule has 0 spiro atoms. The molecule has 0 N–H and O–H groups in total. The maximum atomic E-state index is 12.4. The fraction of sp³-hybridized carbons (Fsp3) is 0.400. The van der Waals surface area contributed by atoms with Crippen LogP contribution >= 0.6 is 15.9 Å². The monoisotopic (exact) mass is 293 g/mol. The summed E-state index contributed by atoms with van der Waals surface area (Å²) in [7, 11) is 0. The minimum Gasteiger partial charge on any atom is -0.461 e. The second kappa shape index (κ2) is 5.89. The summed E-state index contributed by atoms with van der Waals surface area (Å²) in [5, 5.41) is 0.359. The second-order valence-corrected chi connectivity index (χ2v) is 3.46. The van der Waals surface area contributed by atoms with Gasteiger partial charge in [0, 0.05) is 5.33 Å². The number of pyridine rings is 1. The van der Waals surface area contributed by atoms with Crippen LogP contribution in [0.15, 0.2) is 12.1 Å². The number of carbonyl (C=O) groups is 1. The molecule has 1 heterocycles. The zero-order valence-electron chi connectivity index (χ0n) is 8.54. The van der Waals surface area contributed by atoms with Gasteiger partial charge in [-0.2, -0.15) is 0 Å². The number of rotatable bonds is 4. The number of alkyl halides is 3. The van der Waals surface area contributed by atoms with Gasteiger partial charge in [0.2, 0.25) is 0 Å². The van der Waals surface area contributed by atoms with Gasteiger partial charge in [0.1, 0.15) is 5.69 Å². The van der Waals surface area contributed by atoms with Crippen molar-refractivity contribution >= 4 is 21.9 Å². The van der Waals surface area contributed by atoms with E-state index in [1.54, 1.807) is 6.92 Å². The van der Waals surface area contributed by atoms with Gasteiger partial charge in [-0.3, -0.25) is 0 Å². The van der Waals surface area contributed by atoms with Crippen molar-refractivity contribution in [2.45, 2.75) is 18.7 Å². The van der Waals surface area contributed by atoms with Crippen LogP contribution in [-0.2, 0) is 10.1 Å². The predicted octanol–water partition coefficient (Wildman–Crippen LogP) is 3.09. The van der Waals surface area contributed by atoms with E-state index in [0.29, 0.717) is 10.9 Å². The maximum Gasteiger partial charge on any atom is 0.357 e. The van der Waals surface area contributed by atoms with Gasteiger partial charge in [-0.1, -0.05) is 22.0 Å². The summed E-state index contributed by atoms with van der Waals surface area (Å²) >= 11 is 3.15. The van der Waals surface area contributed by atoms with E-state index in [-0.39, 0.29) is 12.3 Å². The molecule has 1 aromatic heterocycles. The third-order valence-corrected chi connectivity index (χ3v) is 2.44. The van der Waals surface area contributed by atoms with Crippen molar-refractivity contribution in [1.29, 1.82) is 0 Å². The van der Waals surface area contributed by atoms with E-state index < -0.39 is 18.1 Å². The van der Waals surface area contributed by atoms with Gasteiger partial charge in [-0.05, 0) is 18.6 Å². The largest absolute Gasteiger partial charge is 0.461 e. The van der Waals surface area contributed by atoms with Crippen molar-refractivity contribution < 1.29 is 18.3 Å². The number of hydrogen-bond donors (Lipinski definition) is 0. The highest BCUT2D eigenvalue weighted by atomic mass is 79.9. The molecule has 0 aliphatic carbocycles. The quantitative estimate of drug-likeness (QED) is 0.633. The molecule has 0 saturated carbocycles. The van der Waals surface area contributed by atoms with E-state index in [1.165, 1.54) is 12.1 Å². The summed E-state index contributed by atoms with van der Waals surface area (Å²) in [6.45, 7) is 1.82. The lowest BCUT2D eigenvalue weighted by Gasteiger charge is -2.07. The van der Waals surface area contributed by atoms with Gasteiger partial charge in [0.15, 0.2) is 5.69 Å². The van der Waals surface area contributed by atoms with Gasteiger partial charge in [-0.25, -0.2) is 18.6 Å². The van der Waals surface area contributed by atoms with Crippen LogP contribution in [0.5, 0.6) is 0 Å². The van der Waals surface area contributed by atoms with Crippen LogP contribution < -0.4 is 0 Å². The van der Waals surface area contributed by atoms with Gasteiger partial charge in [-0.15, -0.1) is 0 Å². The molecule has 0 bridgehead atoms. The first-order valence-electron chi connectivity index (χ1n) is 4.61. The molecule has 1 rings (SSSR count). The van der Waals surface area contributed by atoms with Crippen molar-refractivity contribution in [3.05, 3.63) is 29.1 Å². The first-order valence-corrected chi connectivity index (χ1v) is 5.73. The Balaban J connectivity index is 3.11. The molecule has 0 fully saturated rings. The lowest BCUT2D eigenvalue weighted by molar-refractivity contribution is 0.0517. The number of ether oxygens (including phenoxy) is 1. The number of hydrogen-bond acceptors (Lipinski definition) is 3. The van der Waals surface area contributed by atoms with Gasteiger partial charge in [0.05, 0.1) is 6.61 Å². The third-order valence-electron chi connectivity index (χ3n) is 1.84. The van der Waals surface area contributed by atoms with Gasteiger partial charge in [0.25, 0.3) is 6.43 Å². The van der Waals surface area contributed by atoms with E-state index in [1.807, 2.05) is 0 Å². The fourth-order valence-corrected chi connectivity index (χ4v) is 1.56. The molecule has 0 saturated heterocycles. The van der Waals surface area contributed by atoms with Crippen LogP contribution in [-0.4, -0.2) is 17.6 Å². The van der Waals surface area contributed by atoms with E-state index in [4.69, 9.17) is 4.74 Å². The van der Waals surface area contributed by atoms with Crippen LogP contribution in [0.3, 0.4) is 0 Å². The molecular formula is C10H10BrF2NO2. The molecule has 0 aliphatic rings. The summed E-state index contributed by atoms with van der Waals surface area (Å²) in [5.41, 5.74) is 0.0483. The molecule has 0 aromatic carbocycles. The standard InChI is InChI=1S/C10H10BrF2NO2/c1-2-16-10(15)8-6(5-11)3-4-7(14-8)9(12)13/h3-4,9H,2,5H2,1H3. The number of halogens is 3. The van der Waals surface area contributed by atoms with Crippen molar-refractivity contribution in [3.8, 4) is 0 Å².